The van der Waals surface area contributed by atoms with Crippen LogP contribution in [0.5, 0.6) is 0 Å². The van der Waals surface area contributed by atoms with Gasteiger partial charge in [-0.1, -0.05) is 0 Å². The van der Waals surface area contributed by atoms with Crippen LogP contribution in [0, 0.1) is 0 Å². The highest BCUT2D eigenvalue weighted by atomic mass is 16.6. The summed E-state index contributed by atoms with van der Waals surface area (Å²) >= 11 is 0. The molecule has 1 heterocycles. The molecule has 0 amide bonds. The van der Waals surface area contributed by atoms with Crippen LogP contribution in [0.1, 0.15) is 34.1 Å². The molecule has 0 aromatic carbocycles. The molecule has 0 saturated carbocycles. The van der Waals surface area contributed by atoms with E-state index < -0.39 is 5.60 Å². The summed E-state index contributed by atoms with van der Waals surface area (Å²) in [5.41, 5.74) is -0.403. The van der Waals surface area contributed by atoms with Crippen molar-refractivity contribution in [2.75, 3.05) is 6.54 Å². The lowest BCUT2D eigenvalue weighted by atomic mass is 10.2. The number of nitrogens with zero attached hydrogens (tertiary/aromatic N) is 2. The summed E-state index contributed by atoms with van der Waals surface area (Å²) in [7, 11) is 0. The summed E-state index contributed by atoms with van der Waals surface area (Å²) in [5, 5.41) is 3.29. The summed E-state index contributed by atoms with van der Waals surface area (Å²) in [4.78, 5) is 15.5. The monoisotopic (exact) mass is 253 g/mol. The number of imidazole rings is 1. The van der Waals surface area contributed by atoms with Gasteiger partial charge < -0.3 is 14.6 Å². The van der Waals surface area contributed by atoms with Crippen LogP contribution >= 0.6 is 0 Å². The third-order valence-corrected chi connectivity index (χ3v) is 2.29. The van der Waals surface area contributed by atoms with Crippen molar-refractivity contribution in [3.05, 3.63) is 18.7 Å². The van der Waals surface area contributed by atoms with E-state index in [4.69, 9.17) is 4.74 Å². The van der Waals surface area contributed by atoms with Gasteiger partial charge in [0.15, 0.2) is 0 Å². The van der Waals surface area contributed by atoms with E-state index in [1.54, 1.807) is 12.5 Å². The Kier molecular flexibility index (Phi) is 5.34. The molecule has 5 nitrogen and oxygen atoms in total. The van der Waals surface area contributed by atoms with E-state index in [1.807, 2.05) is 31.5 Å². The lowest BCUT2D eigenvalue weighted by Gasteiger charge is -2.20. The van der Waals surface area contributed by atoms with Crippen molar-refractivity contribution in [1.82, 2.24) is 14.9 Å². The third-order valence-electron chi connectivity index (χ3n) is 2.29. The second kappa shape index (κ2) is 6.54. The Morgan fingerprint density at radius 3 is 2.78 bits per heavy atom. The molecule has 0 fully saturated rings. The molecule has 0 aliphatic carbocycles. The Morgan fingerprint density at radius 2 is 2.22 bits per heavy atom. The number of hydrogen-bond acceptors (Lipinski definition) is 4. The molecule has 0 bridgehead atoms. The molecule has 0 saturated heterocycles. The molecule has 1 atom stereocenters. The second-order valence-electron chi connectivity index (χ2n) is 5.45. The number of carbonyl (C=O) groups excluding carboxylic acids is 1. The zero-order valence-corrected chi connectivity index (χ0v) is 11.6. The van der Waals surface area contributed by atoms with Crippen LogP contribution in [0.3, 0.4) is 0 Å². The van der Waals surface area contributed by atoms with Gasteiger partial charge >= 0.3 is 5.97 Å². The highest BCUT2D eigenvalue weighted by Gasteiger charge is 2.15. The average molecular weight is 253 g/mol. The van der Waals surface area contributed by atoms with Crippen LogP contribution in [0.15, 0.2) is 18.7 Å². The van der Waals surface area contributed by atoms with E-state index >= 15 is 0 Å². The van der Waals surface area contributed by atoms with Gasteiger partial charge in [0.05, 0.1) is 12.7 Å². The standard InChI is InChI=1S/C13H23N3O2/c1-11(9-16-8-7-14-10-16)15-6-5-12(17)18-13(2,3)4/h7-8,10-11,15H,5-6,9H2,1-4H3. The van der Waals surface area contributed by atoms with Crippen LogP contribution in [0.25, 0.3) is 0 Å². The number of carbonyl (C=O) groups is 1. The van der Waals surface area contributed by atoms with E-state index in [0.717, 1.165) is 6.54 Å². The number of nitrogens with one attached hydrogen (secondary N) is 1. The normalized spacial score (nSPS) is 13.3. The van der Waals surface area contributed by atoms with Gasteiger partial charge in [-0.2, -0.15) is 0 Å². The fourth-order valence-electron chi connectivity index (χ4n) is 1.59. The third kappa shape index (κ3) is 6.39. The molecule has 0 radical (unpaired) electrons. The highest BCUT2D eigenvalue weighted by molar-refractivity contribution is 5.70. The second-order valence-corrected chi connectivity index (χ2v) is 5.45. The van der Waals surface area contributed by atoms with Crippen LogP contribution in [-0.2, 0) is 16.1 Å². The van der Waals surface area contributed by atoms with Gasteiger partial charge in [-0.15, -0.1) is 0 Å². The molecule has 102 valence electrons. The first-order valence-electron chi connectivity index (χ1n) is 6.28. The summed E-state index contributed by atoms with van der Waals surface area (Å²) < 4.78 is 7.24. The van der Waals surface area contributed by atoms with E-state index in [0.29, 0.717) is 19.0 Å². The molecule has 1 rings (SSSR count). The zero-order chi connectivity index (χ0) is 13.6. The summed E-state index contributed by atoms with van der Waals surface area (Å²) in [6.07, 6.45) is 5.86. The molecule has 1 aromatic heterocycles. The molecule has 1 unspecified atom stereocenters. The van der Waals surface area contributed by atoms with Crippen molar-refractivity contribution in [3.63, 3.8) is 0 Å². The predicted octanol–water partition coefficient (Wildman–Crippen LogP) is 1.59. The first-order valence-corrected chi connectivity index (χ1v) is 6.28. The van der Waals surface area contributed by atoms with E-state index in [2.05, 4.69) is 17.2 Å². The number of hydrogen-bond donors (Lipinski definition) is 1. The van der Waals surface area contributed by atoms with Crippen LogP contribution in [-0.4, -0.2) is 33.7 Å². The zero-order valence-electron chi connectivity index (χ0n) is 11.6. The van der Waals surface area contributed by atoms with Gasteiger partial charge in [0.25, 0.3) is 0 Å². The lowest BCUT2D eigenvalue weighted by molar-refractivity contribution is -0.154. The summed E-state index contributed by atoms with van der Waals surface area (Å²) in [6, 6.07) is 0.293. The Morgan fingerprint density at radius 1 is 1.50 bits per heavy atom. The number of esters is 1. The van der Waals surface area contributed by atoms with Crippen molar-refractivity contribution in [3.8, 4) is 0 Å². The van der Waals surface area contributed by atoms with Gasteiger partial charge in [0.2, 0.25) is 0 Å². The minimum Gasteiger partial charge on any atom is -0.460 e. The molecule has 0 spiro atoms. The van der Waals surface area contributed by atoms with Gasteiger partial charge in [-0.25, -0.2) is 4.98 Å². The number of rotatable bonds is 6. The molecule has 0 aliphatic heterocycles. The molecule has 0 aliphatic rings. The minimum atomic E-state index is -0.403. The molecular weight excluding hydrogens is 230 g/mol. The SMILES string of the molecule is CC(Cn1ccnc1)NCCC(=O)OC(C)(C)C. The fourth-order valence-corrected chi connectivity index (χ4v) is 1.59. The molecule has 18 heavy (non-hydrogen) atoms. The molecule has 5 heteroatoms. The summed E-state index contributed by atoms with van der Waals surface area (Å²) in [5.74, 6) is -0.162. The van der Waals surface area contributed by atoms with Crippen LogP contribution in [0.2, 0.25) is 0 Å². The quantitative estimate of drug-likeness (QED) is 0.782. The number of aromatic nitrogens is 2. The van der Waals surface area contributed by atoms with E-state index in [1.165, 1.54) is 0 Å². The summed E-state index contributed by atoms with van der Waals surface area (Å²) in [6.45, 7) is 9.17. The number of ether oxygens (including phenoxy) is 1. The van der Waals surface area contributed by atoms with Crippen LogP contribution < -0.4 is 5.32 Å². The Hall–Kier alpha value is -1.36. The van der Waals surface area contributed by atoms with Crippen molar-refractivity contribution in [2.24, 2.45) is 0 Å². The van der Waals surface area contributed by atoms with Gasteiger partial charge in [0, 0.05) is 31.5 Å². The van der Waals surface area contributed by atoms with Gasteiger partial charge in [-0.05, 0) is 27.7 Å². The maximum absolute atomic E-state index is 11.5. The molecule has 1 aromatic rings. The largest absolute Gasteiger partial charge is 0.460 e. The van der Waals surface area contributed by atoms with Crippen molar-refractivity contribution < 1.29 is 9.53 Å². The molecular formula is C13H23N3O2. The average Bonchev–Trinajstić information content (AvgIpc) is 2.67. The fraction of sp³-hybridized carbons (Fsp3) is 0.692. The van der Waals surface area contributed by atoms with Crippen molar-refractivity contribution >= 4 is 5.97 Å². The minimum absolute atomic E-state index is 0.162. The Bertz CT molecular complexity index is 355. The van der Waals surface area contributed by atoms with Crippen LogP contribution in [0.4, 0.5) is 0 Å². The first-order chi connectivity index (χ1) is 8.37. The lowest BCUT2D eigenvalue weighted by Crippen LogP contribution is -2.33. The highest BCUT2D eigenvalue weighted by Crippen LogP contribution is 2.07. The van der Waals surface area contributed by atoms with Crippen molar-refractivity contribution in [1.29, 1.82) is 0 Å². The van der Waals surface area contributed by atoms with Gasteiger partial charge in [-0.3, -0.25) is 4.79 Å². The maximum atomic E-state index is 11.5. The predicted molar refractivity (Wildman–Crippen MR) is 70.2 cm³/mol. The van der Waals surface area contributed by atoms with Crippen molar-refractivity contribution in [2.45, 2.75) is 52.3 Å². The maximum Gasteiger partial charge on any atom is 0.307 e. The first kappa shape index (κ1) is 14.7. The smallest absolute Gasteiger partial charge is 0.307 e. The van der Waals surface area contributed by atoms with E-state index in [9.17, 15) is 4.79 Å². The Balaban J connectivity index is 2.15. The Labute approximate surface area is 109 Å². The van der Waals surface area contributed by atoms with E-state index in [-0.39, 0.29) is 5.97 Å². The molecule has 1 N–H and O–H groups in total. The topological polar surface area (TPSA) is 56.2 Å². The van der Waals surface area contributed by atoms with Gasteiger partial charge in [0.1, 0.15) is 5.60 Å².